The van der Waals surface area contributed by atoms with Crippen LogP contribution in [0.4, 0.5) is 9.59 Å². The van der Waals surface area contributed by atoms with E-state index in [1.54, 1.807) is 0 Å². The van der Waals surface area contributed by atoms with E-state index in [-0.39, 0.29) is 19.3 Å². The number of amides is 2. The van der Waals surface area contributed by atoms with Crippen molar-refractivity contribution in [2.75, 3.05) is 6.54 Å². The third-order valence-electron chi connectivity index (χ3n) is 4.20. The fraction of sp³-hybridized carbons (Fsp3) is 0.304. The second-order valence-electron chi connectivity index (χ2n) is 6.84. The fourth-order valence-electron chi connectivity index (χ4n) is 2.61. The molecule has 2 amide bonds. The molecule has 2 aromatic rings. The summed E-state index contributed by atoms with van der Waals surface area (Å²) in [4.78, 5) is 23.6. The Labute approximate surface area is 177 Å². The van der Waals surface area contributed by atoms with Crippen molar-refractivity contribution in [2.24, 2.45) is 0 Å². The van der Waals surface area contributed by atoms with E-state index >= 15 is 0 Å². The fourth-order valence-corrected chi connectivity index (χ4v) is 2.61. The van der Waals surface area contributed by atoms with Crippen LogP contribution in [-0.4, -0.2) is 24.8 Å². The summed E-state index contributed by atoms with van der Waals surface area (Å²) in [6.45, 7) is 6.71. The van der Waals surface area contributed by atoms with Crippen LogP contribution in [0.5, 0.6) is 0 Å². The Kier molecular flexibility index (Phi) is 9.79. The average Bonchev–Trinajstić information content (AvgIpc) is 2.75. The van der Waals surface area contributed by atoms with Crippen LogP contribution in [-0.2, 0) is 22.7 Å². The maximum Gasteiger partial charge on any atom is 0.413 e. The number of carbonyl (C=O) groups excluding carboxylic acids is 2. The molecule has 1 atom stereocenters. The van der Waals surface area contributed by atoms with Gasteiger partial charge in [0.15, 0.2) is 0 Å². The van der Waals surface area contributed by atoms with Gasteiger partial charge in [-0.25, -0.2) is 9.59 Å². The maximum absolute atomic E-state index is 11.8. The zero-order chi connectivity index (χ0) is 21.6. The maximum atomic E-state index is 11.8. The first kappa shape index (κ1) is 22.8. The minimum atomic E-state index is -0.562. The van der Waals surface area contributed by atoms with Crippen molar-refractivity contribution < 1.29 is 19.1 Å². The smallest absolute Gasteiger partial charge is 0.413 e. The van der Waals surface area contributed by atoms with E-state index in [1.165, 1.54) is 0 Å². The van der Waals surface area contributed by atoms with Crippen LogP contribution in [0.2, 0.25) is 0 Å². The summed E-state index contributed by atoms with van der Waals surface area (Å²) >= 11 is 0. The van der Waals surface area contributed by atoms with Gasteiger partial charge in [0.2, 0.25) is 0 Å². The summed E-state index contributed by atoms with van der Waals surface area (Å²) in [5.74, 6) is 0.371. The first-order chi connectivity index (χ1) is 14.5. The standard InChI is InChI=1S/C23H29N3O4/c1-18(25-22(27)29-16-20-11-5-3-6-12-20)10-9-15-24-19(2)26-23(28)30-17-21-13-7-4-8-14-21/h3-8,11-14,18,24H,2,9-10,15-17H2,1H3,(H,25,27)(H,26,28). The van der Waals surface area contributed by atoms with Crippen LogP contribution in [0.1, 0.15) is 30.9 Å². The summed E-state index contributed by atoms with van der Waals surface area (Å²) in [6, 6.07) is 18.9. The molecule has 0 saturated heterocycles. The van der Waals surface area contributed by atoms with Gasteiger partial charge in [-0.2, -0.15) is 0 Å². The summed E-state index contributed by atoms with van der Waals surface area (Å²) < 4.78 is 10.3. The van der Waals surface area contributed by atoms with Crippen LogP contribution < -0.4 is 16.0 Å². The molecule has 7 nitrogen and oxygen atoms in total. The number of nitrogens with one attached hydrogen (secondary N) is 3. The SMILES string of the molecule is C=C(NCCCC(C)NC(=O)OCc1ccccc1)NC(=O)OCc1ccccc1. The summed E-state index contributed by atoms with van der Waals surface area (Å²) in [5, 5.41) is 8.36. The molecule has 0 heterocycles. The highest BCUT2D eigenvalue weighted by atomic mass is 16.6. The molecule has 0 bridgehead atoms. The lowest BCUT2D eigenvalue weighted by Gasteiger charge is -2.15. The van der Waals surface area contributed by atoms with Crippen molar-refractivity contribution in [3.63, 3.8) is 0 Å². The zero-order valence-electron chi connectivity index (χ0n) is 17.2. The molecule has 0 aliphatic heterocycles. The lowest BCUT2D eigenvalue weighted by Crippen LogP contribution is -2.34. The second-order valence-corrected chi connectivity index (χ2v) is 6.84. The highest BCUT2D eigenvalue weighted by Gasteiger charge is 2.09. The molecule has 1 unspecified atom stereocenters. The molecule has 0 aliphatic rings. The van der Waals surface area contributed by atoms with Crippen molar-refractivity contribution in [3.8, 4) is 0 Å². The molecule has 0 fully saturated rings. The van der Waals surface area contributed by atoms with Crippen LogP contribution in [0, 0.1) is 0 Å². The first-order valence-electron chi connectivity index (χ1n) is 9.90. The quantitative estimate of drug-likeness (QED) is 0.485. The molecule has 0 aliphatic carbocycles. The predicted molar refractivity (Wildman–Crippen MR) is 115 cm³/mol. The molecule has 0 saturated carbocycles. The highest BCUT2D eigenvalue weighted by Crippen LogP contribution is 2.03. The number of hydrogen-bond donors (Lipinski definition) is 3. The lowest BCUT2D eigenvalue weighted by atomic mass is 10.2. The van der Waals surface area contributed by atoms with Gasteiger partial charge in [-0.15, -0.1) is 0 Å². The van der Waals surface area contributed by atoms with Crippen LogP contribution in [0.25, 0.3) is 0 Å². The second kappa shape index (κ2) is 12.9. The van der Waals surface area contributed by atoms with E-state index in [0.717, 1.165) is 24.0 Å². The Balaban J connectivity index is 1.51. The van der Waals surface area contributed by atoms with Gasteiger partial charge < -0.3 is 20.1 Å². The van der Waals surface area contributed by atoms with Gasteiger partial charge >= 0.3 is 12.2 Å². The minimum absolute atomic E-state index is 0.0351. The molecule has 0 aromatic heterocycles. The monoisotopic (exact) mass is 411 g/mol. The molecule has 160 valence electrons. The Hall–Kier alpha value is -3.48. The Morgan fingerprint density at radius 2 is 1.43 bits per heavy atom. The largest absolute Gasteiger partial charge is 0.445 e. The number of benzene rings is 2. The number of ether oxygens (including phenoxy) is 2. The number of hydrogen-bond acceptors (Lipinski definition) is 5. The summed E-state index contributed by atoms with van der Waals surface area (Å²) in [5.41, 5.74) is 1.85. The molecule has 3 N–H and O–H groups in total. The Morgan fingerprint density at radius 3 is 2.00 bits per heavy atom. The summed E-state index contributed by atoms with van der Waals surface area (Å²) in [6.07, 6.45) is 0.526. The summed E-state index contributed by atoms with van der Waals surface area (Å²) in [7, 11) is 0. The molecule has 7 heteroatoms. The van der Waals surface area contributed by atoms with Crippen molar-refractivity contribution in [3.05, 3.63) is 84.2 Å². The van der Waals surface area contributed by atoms with Gasteiger partial charge in [0.05, 0.1) is 0 Å². The minimum Gasteiger partial charge on any atom is -0.445 e. The van der Waals surface area contributed by atoms with Crippen LogP contribution >= 0.6 is 0 Å². The van der Waals surface area contributed by atoms with Crippen molar-refractivity contribution >= 4 is 12.2 Å². The van der Waals surface area contributed by atoms with Crippen molar-refractivity contribution in [1.82, 2.24) is 16.0 Å². The molecule has 2 aromatic carbocycles. The normalized spacial score (nSPS) is 11.1. The Bertz CT molecular complexity index is 797. The predicted octanol–water partition coefficient (Wildman–Crippen LogP) is 4.07. The van der Waals surface area contributed by atoms with E-state index in [2.05, 4.69) is 22.5 Å². The van der Waals surface area contributed by atoms with Gasteiger partial charge in [-0.1, -0.05) is 67.2 Å². The molecule has 0 radical (unpaired) electrons. The average molecular weight is 412 g/mol. The van der Waals surface area contributed by atoms with Crippen molar-refractivity contribution in [1.29, 1.82) is 0 Å². The van der Waals surface area contributed by atoms with E-state index in [0.29, 0.717) is 12.4 Å². The van der Waals surface area contributed by atoms with Crippen LogP contribution in [0.3, 0.4) is 0 Å². The number of rotatable bonds is 11. The van der Waals surface area contributed by atoms with Crippen molar-refractivity contribution in [2.45, 2.75) is 39.0 Å². The number of alkyl carbamates (subject to hydrolysis) is 2. The molecule has 2 rings (SSSR count). The number of carbonyl (C=O) groups is 2. The van der Waals surface area contributed by atoms with E-state index in [1.807, 2.05) is 67.6 Å². The third kappa shape index (κ3) is 9.64. The third-order valence-corrected chi connectivity index (χ3v) is 4.20. The van der Waals surface area contributed by atoms with Crippen LogP contribution in [0.15, 0.2) is 73.1 Å². The van der Waals surface area contributed by atoms with Gasteiger partial charge in [-0.05, 0) is 30.9 Å². The molecule has 0 spiro atoms. The first-order valence-corrected chi connectivity index (χ1v) is 9.90. The molecular formula is C23H29N3O4. The van der Waals surface area contributed by atoms with E-state index in [4.69, 9.17) is 9.47 Å². The van der Waals surface area contributed by atoms with Gasteiger partial charge in [-0.3, -0.25) is 5.32 Å². The van der Waals surface area contributed by atoms with Gasteiger partial charge in [0.25, 0.3) is 0 Å². The topological polar surface area (TPSA) is 88.7 Å². The lowest BCUT2D eigenvalue weighted by molar-refractivity contribution is 0.135. The van der Waals surface area contributed by atoms with E-state index in [9.17, 15) is 9.59 Å². The zero-order valence-corrected chi connectivity index (χ0v) is 17.2. The molecular weight excluding hydrogens is 382 g/mol. The molecule has 30 heavy (non-hydrogen) atoms. The highest BCUT2D eigenvalue weighted by molar-refractivity contribution is 5.69. The van der Waals surface area contributed by atoms with Gasteiger partial charge in [0, 0.05) is 12.6 Å². The Morgan fingerprint density at radius 1 is 0.900 bits per heavy atom. The van der Waals surface area contributed by atoms with E-state index < -0.39 is 12.2 Å². The van der Waals surface area contributed by atoms with Gasteiger partial charge in [0.1, 0.15) is 19.0 Å².